The maximum Gasteiger partial charge on any atom is 0.178 e. The van der Waals surface area contributed by atoms with Gasteiger partial charge in [-0.3, -0.25) is 0 Å². The normalized spacial score (nSPS) is 10.8. The molecule has 0 saturated carbocycles. The molecule has 0 N–H and O–H groups in total. The minimum absolute atomic E-state index is 0. The molecule has 0 radical (unpaired) electrons. The van der Waals surface area contributed by atoms with Gasteiger partial charge in [-0.1, -0.05) is 96.8 Å². The minimum atomic E-state index is 0. The van der Waals surface area contributed by atoms with Gasteiger partial charge in [0, 0.05) is 32.4 Å². The Labute approximate surface area is 181 Å². The van der Waals surface area contributed by atoms with E-state index in [9.17, 15) is 0 Å². The van der Waals surface area contributed by atoms with Gasteiger partial charge in [0.1, 0.15) is 6.54 Å². The van der Waals surface area contributed by atoms with E-state index in [0.29, 0.717) is 0 Å². The molecule has 158 valence electrons. The van der Waals surface area contributed by atoms with Crippen molar-refractivity contribution in [1.29, 1.82) is 0 Å². The highest BCUT2D eigenvalue weighted by molar-refractivity contribution is 5.00. The van der Waals surface area contributed by atoms with Gasteiger partial charge in [0.05, 0.1) is 0 Å². The van der Waals surface area contributed by atoms with Gasteiger partial charge >= 0.3 is 0 Å². The van der Waals surface area contributed by atoms with Gasteiger partial charge in [0.2, 0.25) is 0 Å². The van der Waals surface area contributed by atoms with Gasteiger partial charge in [0.25, 0.3) is 0 Å². The van der Waals surface area contributed by atoms with E-state index < -0.39 is 0 Å². The molecule has 0 saturated heterocycles. The van der Waals surface area contributed by atoms with Gasteiger partial charge in [-0.2, -0.15) is 0 Å². The van der Waals surface area contributed by atoms with Crippen LogP contribution in [-0.2, 0) is 6.54 Å². The molecule has 1 rings (SSSR count). The molecule has 0 atom stereocenters. The van der Waals surface area contributed by atoms with Crippen LogP contribution >= 0.6 is 0 Å². The summed E-state index contributed by atoms with van der Waals surface area (Å²) in [6, 6.07) is 6.60. The van der Waals surface area contributed by atoms with Crippen molar-refractivity contribution in [2.45, 2.75) is 130 Å². The summed E-state index contributed by atoms with van der Waals surface area (Å²) in [5.74, 6) is 0. The quantitative estimate of drug-likeness (QED) is 0.241. The molecule has 2 heteroatoms. The van der Waals surface area contributed by atoms with Crippen LogP contribution in [0.4, 0.5) is 0 Å². The third-order valence-electron chi connectivity index (χ3n) is 5.76. The molecule has 1 nitrogen and oxygen atoms in total. The van der Waals surface area contributed by atoms with Crippen molar-refractivity contribution in [3.8, 4) is 0 Å². The molecule has 0 aliphatic rings. The molecule has 1 heterocycles. The molecule has 0 amide bonds. The SMILES string of the molecule is CCCCCCCCCCCCCCCCCC[n+]1c(C)cccc1C.[Br-]. The largest absolute Gasteiger partial charge is 1.00 e. The fraction of sp³-hybridized carbons (Fsp3) is 0.800. The maximum atomic E-state index is 2.46. The van der Waals surface area contributed by atoms with Crippen LogP contribution in [0.1, 0.15) is 121 Å². The lowest BCUT2D eigenvalue weighted by atomic mass is 10.0. The van der Waals surface area contributed by atoms with Crippen molar-refractivity contribution >= 4 is 0 Å². The lowest BCUT2D eigenvalue weighted by Crippen LogP contribution is -3.00. The molecule has 0 bridgehead atoms. The first kappa shape index (κ1) is 26.6. The highest BCUT2D eigenvalue weighted by Gasteiger charge is 2.08. The predicted molar refractivity (Wildman–Crippen MR) is 116 cm³/mol. The van der Waals surface area contributed by atoms with Crippen molar-refractivity contribution in [2.24, 2.45) is 0 Å². The molecule has 0 fully saturated rings. The van der Waals surface area contributed by atoms with Crippen LogP contribution in [0.15, 0.2) is 18.2 Å². The summed E-state index contributed by atoms with van der Waals surface area (Å²) in [4.78, 5) is 0. The highest BCUT2D eigenvalue weighted by atomic mass is 79.9. The van der Waals surface area contributed by atoms with Gasteiger partial charge < -0.3 is 17.0 Å². The molecule has 0 aliphatic heterocycles. The Morgan fingerprint density at radius 3 is 1.26 bits per heavy atom. The number of aryl methyl sites for hydroxylation is 2. The molecule has 1 aromatic heterocycles. The second kappa shape index (κ2) is 19.0. The van der Waals surface area contributed by atoms with Crippen LogP contribution in [0.2, 0.25) is 0 Å². The Hall–Kier alpha value is -0.370. The van der Waals surface area contributed by atoms with Crippen LogP contribution in [-0.4, -0.2) is 0 Å². The smallest absolute Gasteiger partial charge is 0.178 e. The third-order valence-corrected chi connectivity index (χ3v) is 5.76. The zero-order chi connectivity index (χ0) is 18.9. The Morgan fingerprint density at radius 2 is 0.889 bits per heavy atom. The van der Waals surface area contributed by atoms with Crippen LogP contribution in [0, 0.1) is 13.8 Å². The van der Waals surface area contributed by atoms with Crippen molar-refractivity contribution in [3.05, 3.63) is 29.6 Å². The Kier molecular flexibility index (Phi) is 18.7. The summed E-state index contributed by atoms with van der Waals surface area (Å²) in [6.07, 6.45) is 23.0. The second-order valence-electron chi connectivity index (χ2n) is 8.26. The number of pyridine rings is 1. The molecular weight excluding hydrogens is 394 g/mol. The van der Waals surface area contributed by atoms with Gasteiger partial charge in [-0.25, -0.2) is 4.57 Å². The number of aromatic nitrogens is 1. The van der Waals surface area contributed by atoms with Crippen molar-refractivity contribution in [2.75, 3.05) is 0 Å². The molecule has 27 heavy (non-hydrogen) atoms. The van der Waals surface area contributed by atoms with Crippen LogP contribution in [0.3, 0.4) is 0 Å². The zero-order valence-corrected chi connectivity index (χ0v) is 20.2. The fourth-order valence-electron chi connectivity index (χ4n) is 3.96. The zero-order valence-electron chi connectivity index (χ0n) is 18.6. The molecular formula is C25H46BrN. The molecule has 1 aromatic rings. The van der Waals surface area contributed by atoms with Gasteiger partial charge in [-0.15, -0.1) is 0 Å². The van der Waals surface area contributed by atoms with Crippen LogP contribution < -0.4 is 21.5 Å². The van der Waals surface area contributed by atoms with Crippen molar-refractivity contribution in [3.63, 3.8) is 0 Å². The third kappa shape index (κ3) is 14.3. The fourth-order valence-corrected chi connectivity index (χ4v) is 3.96. The maximum absolute atomic E-state index is 2.46. The van der Waals surface area contributed by atoms with E-state index in [0.717, 1.165) is 0 Å². The summed E-state index contributed by atoms with van der Waals surface area (Å²) in [7, 11) is 0. The van der Waals surface area contributed by atoms with Crippen molar-refractivity contribution < 1.29 is 21.5 Å². The van der Waals surface area contributed by atoms with Gasteiger partial charge in [-0.05, 0) is 12.5 Å². The molecule has 0 aliphatic carbocycles. The predicted octanol–water partition coefficient (Wildman–Crippen LogP) is 4.86. The Balaban J connectivity index is 0.00000676. The molecule has 0 spiro atoms. The van der Waals surface area contributed by atoms with Crippen molar-refractivity contribution in [1.82, 2.24) is 0 Å². The first-order chi connectivity index (χ1) is 12.8. The van der Waals surface area contributed by atoms with E-state index in [2.05, 4.69) is 43.5 Å². The second-order valence-corrected chi connectivity index (χ2v) is 8.26. The number of hydrogen-bond donors (Lipinski definition) is 0. The van der Waals surface area contributed by atoms with Crippen LogP contribution in [0.5, 0.6) is 0 Å². The average Bonchev–Trinajstić information content (AvgIpc) is 2.63. The van der Waals surface area contributed by atoms with E-state index in [1.54, 1.807) is 0 Å². The lowest BCUT2D eigenvalue weighted by molar-refractivity contribution is -0.709. The first-order valence-corrected chi connectivity index (χ1v) is 11.7. The lowest BCUT2D eigenvalue weighted by Gasteiger charge is -2.05. The molecule has 0 aromatic carbocycles. The summed E-state index contributed by atoms with van der Waals surface area (Å²) in [6.45, 7) is 7.93. The summed E-state index contributed by atoms with van der Waals surface area (Å²) in [5, 5.41) is 0. The highest BCUT2D eigenvalue weighted by Crippen LogP contribution is 2.13. The Morgan fingerprint density at radius 1 is 0.556 bits per heavy atom. The average molecular weight is 441 g/mol. The van der Waals surface area contributed by atoms with E-state index in [1.807, 2.05) is 0 Å². The van der Waals surface area contributed by atoms with Gasteiger partial charge in [0.15, 0.2) is 11.4 Å². The number of rotatable bonds is 17. The monoisotopic (exact) mass is 439 g/mol. The number of halogens is 1. The first-order valence-electron chi connectivity index (χ1n) is 11.7. The Bertz CT molecular complexity index is 424. The standard InChI is InChI=1S/C25H46N.BrH/c1-4-5-6-7-8-9-10-11-12-13-14-15-16-17-18-19-23-26-24(2)21-20-22-25(26)3;/h20-22H,4-19,23H2,1-3H3;1H/q+1;/p-1. The van der Waals surface area contributed by atoms with E-state index in [4.69, 9.17) is 0 Å². The van der Waals surface area contributed by atoms with E-state index in [-0.39, 0.29) is 17.0 Å². The van der Waals surface area contributed by atoms with Crippen LogP contribution in [0.25, 0.3) is 0 Å². The summed E-state index contributed by atoms with van der Waals surface area (Å²) < 4.78 is 2.46. The number of hydrogen-bond acceptors (Lipinski definition) is 0. The van der Waals surface area contributed by atoms with E-state index >= 15 is 0 Å². The number of unbranched alkanes of at least 4 members (excludes halogenated alkanes) is 15. The summed E-state index contributed by atoms with van der Waals surface area (Å²) in [5.41, 5.74) is 2.79. The number of nitrogens with zero attached hydrogens (tertiary/aromatic N) is 1. The molecule has 0 unspecified atom stereocenters. The minimum Gasteiger partial charge on any atom is -1.00 e. The topological polar surface area (TPSA) is 3.88 Å². The van der Waals surface area contributed by atoms with E-state index in [1.165, 1.54) is 121 Å². The summed E-state index contributed by atoms with van der Waals surface area (Å²) >= 11 is 0.